The summed E-state index contributed by atoms with van der Waals surface area (Å²) in [4.78, 5) is 0. The third kappa shape index (κ3) is 1.63. The molecule has 0 bridgehead atoms. The van der Waals surface area contributed by atoms with Gasteiger partial charge in [-0.15, -0.1) is 0 Å². The topological polar surface area (TPSA) is 18.5 Å². The number of hydrogen-bond acceptors (Lipinski definition) is 2. The van der Waals surface area contributed by atoms with E-state index >= 15 is 0 Å². The Kier molecular flexibility index (Phi) is 2.95. The Labute approximate surface area is 109 Å². The van der Waals surface area contributed by atoms with Gasteiger partial charge in [-0.2, -0.15) is 0 Å². The highest BCUT2D eigenvalue weighted by Crippen LogP contribution is 2.56. The van der Waals surface area contributed by atoms with Gasteiger partial charge in [0.15, 0.2) is 0 Å². The summed E-state index contributed by atoms with van der Waals surface area (Å²) in [7, 11) is 0. The van der Waals surface area contributed by atoms with Crippen LogP contribution in [0.1, 0.15) is 32.3 Å². The zero-order valence-electron chi connectivity index (χ0n) is 11.3. The number of hydrogen-bond donors (Lipinski definition) is 0. The van der Waals surface area contributed by atoms with E-state index in [2.05, 4.69) is 44.2 Å². The van der Waals surface area contributed by atoms with Crippen LogP contribution in [-0.4, -0.2) is 24.4 Å². The molecule has 0 radical (unpaired) electrons. The fraction of sp³-hybridized carbons (Fsp3) is 0.625. The number of ether oxygens (including phenoxy) is 2. The van der Waals surface area contributed by atoms with Crippen LogP contribution in [0.2, 0.25) is 0 Å². The van der Waals surface area contributed by atoms with Gasteiger partial charge < -0.3 is 9.47 Å². The van der Waals surface area contributed by atoms with Crippen LogP contribution in [0.15, 0.2) is 30.3 Å². The normalized spacial score (nSPS) is 38.2. The predicted octanol–water partition coefficient (Wildman–Crippen LogP) is 3.20. The van der Waals surface area contributed by atoms with E-state index in [1.807, 2.05) is 0 Å². The molecule has 1 aromatic carbocycles. The number of benzene rings is 1. The fourth-order valence-electron chi connectivity index (χ4n) is 3.72. The Morgan fingerprint density at radius 3 is 2.72 bits per heavy atom. The van der Waals surface area contributed by atoms with Crippen LogP contribution in [0, 0.1) is 5.92 Å². The Bertz CT molecular complexity index is 416. The van der Waals surface area contributed by atoms with Gasteiger partial charge in [-0.3, -0.25) is 0 Å². The Balaban J connectivity index is 1.85. The van der Waals surface area contributed by atoms with E-state index in [1.165, 1.54) is 12.0 Å². The molecule has 98 valence electrons. The van der Waals surface area contributed by atoms with Crippen molar-refractivity contribution in [2.75, 3.05) is 13.2 Å². The lowest BCUT2D eigenvalue weighted by Crippen LogP contribution is -2.60. The van der Waals surface area contributed by atoms with Crippen molar-refractivity contribution in [3.63, 3.8) is 0 Å². The zero-order chi connectivity index (χ0) is 12.6. The minimum absolute atomic E-state index is 0.0302. The second-order valence-electron chi connectivity index (χ2n) is 5.76. The van der Waals surface area contributed by atoms with Crippen LogP contribution < -0.4 is 0 Å². The van der Waals surface area contributed by atoms with Crippen molar-refractivity contribution < 1.29 is 9.47 Å². The van der Waals surface area contributed by atoms with Crippen LogP contribution >= 0.6 is 0 Å². The molecular formula is C16H22O2. The van der Waals surface area contributed by atoms with Crippen molar-refractivity contribution >= 4 is 0 Å². The van der Waals surface area contributed by atoms with Crippen LogP contribution in [-0.2, 0) is 15.9 Å². The highest BCUT2D eigenvalue weighted by Gasteiger charge is 2.64. The summed E-state index contributed by atoms with van der Waals surface area (Å²) in [5, 5.41) is 0. The maximum absolute atomic E-state index is 6.16. The molecule has 1 heterocycles. The van der Waals surface area contributed by atoms with Gasteiger partial charge in [0.1, 0.15) is 5.60 Å². The molecule has 0 unspecified atom stereocenters. The summed E-state index contributed by atoms with van der Waals surface area (Å²) in [6.07, 6.45) is 3.35. The van der Waals surface area contributed by atoms with Gasteiger partial charge in [0.25, 0.3) is 0 Å². The molecule has 18 heavy (non-hydrogen) atoms. The average molecular weight is 246 g/mol. The lowest BCUT2D eigenvalue weighted by molar-refractivity contribution is -0.188. The Hall–Kier alpha value is -0.860. The van der Waals surface area contributed by atoms with Crippen LogP contribution in [0.5, 0.6) is 0 Å². The SMILES string of the molecule is CCO[C@@]12CC[C@@H]1CO[C@@]2(C)Cc1ccccc1. The largest absolute Gasteiger partial charge is 0.372 e. The standard InChI is InChI=1S/C16H22O2/c1-3-17-16-10-9-14(16)12-18-15(16,2)11-13-7-5-4-6-8-13/h4-8,14H,3,9-12H2,1-2H3/t14-,15+,16+/m1/s1. The lowest BCUT2D eigenvalue weighted by atomic mass is 9.62. The molecule has 0 aromatic heterocycles. The van der Waals surface area contributed by atoms with Crippen molar-refractivity contribution in [3.8, 4) is 0 Å². The first-order chi connectivity index (χ1) is 8.70. The third-order valence-corrected chi connectivity index (χ3v) is 4.81. The molecule has 0 N–H and O–H groups in total. The summed E-state index contributed by atoms with van der Waals surface area (Å²) >= 11 is 0. The Morgan fingerprint density at radius 2 is 2.11 bits per heavy atom. The van der Waals surface area contributed by atoms with Crippen LogP contribution in [0.25, 0.3) is 0 Å². The van der Waals surface area contributed by atoms with E-state index in [9.17, 15) is 0 Å². The zero-order valence-corrected chi connectivity index (χ0v) is 11.3. The van der Waals surface area contributed by atoms with Crippen LogP contribution in [0.4, 0.5) is 0 Å². The third-order valence-electron chi connectivity index (χ3n) is 4.81. The number of rotatable bonds is 4. The predicted molar refractivity (Wildman–Crippen MR) is 71.6 cm³/mol. The van der Waals surface area contributed by atoms with Gasteiger partial charge in [0, 0.05) is 18.9 Å². The smallest absolute Gasteiger partial charge is 0.102 e. The minimum Gasteiger partial charge on any atom is -0.372 e. The minimum atomic E-state index is -0.159. The summed E-state index contributed by atoms with van der Waals surface area (Å²) < 4.78 is 12.3. The van der Waals surface area contributed by atoms with E-state index in [1.54, 1.807) is 0 Å². The van der Waals surface area contributed by atoms with Crippen LogP contribution in [0.3, 0.4) is 0 Å². The molecule has 3 atom stereocenters. The highest BCUT2D eigenvalue weighted by atomic mass is 16.6. The van der Waals surface area contributed by atoms with Crippen molar-refractivity contribution in [3.05, 3.63) is 35.9 Å². The molecule has 1 saturated carbocycles. The fourth-order valence-corrected chi connectivity index (χ4v) is 3.72. The van der Waals surface area contributed by atoms with Gasteiger partial charge in [-0.25, -0.2) is 0 Å². The van der Waals surface area contributed by atoms with Crippen molar-refractivity contribution in [2.24, 2.45) is 5.92 Å². The molecule has 2 heteroatoms. The summed E-state index contributed by atoms with van der Waals surface area (Å²) in [6, 6.07) is 10.6. The second kappa shape index (κ2) is 4.36. The van der Waals surface area contributed by atoms with E-state index in [4.69, 9.17) is 9.47 Å². The maximum atomic E-state index is 6.16. The average Bonchev–Trinajstić information content (AvgIpc) is 2.52. The van der Waals surface area contributed by atoms with E-state index < -0.39 is 0 Å². The number of fused-ring (bicyclic) bond motifs is 1. The Morgan fingerprint density at radius 1 is 1.33 bits per heavy atom. The van der Waals surface area contributed by atoms with E-state index in [0.29, 0.717) is 5.92 Å². The van der Waals surface area contributed by atoms with E-state index in [-0.39, 0.29) is 11.2 Å². The van der Waals surface area contributed by atoms with Crippen molar-refractivity contribution in [2.45, 2.75) is 44.3 Å². The van der Waals surface area contributed by atoms with Gasteiger partial charge in [-0.1, -0.05) is 30.3 Å². The second-order valence-corrected chi connectivity index (χ2v) is 5.76. The first kappa shape index (κ1) is 12.2. The molecule has 3 rings (SSSR count). The maximum Gasteiger partial charge on any atom is 0.102 e. The molecule has 0 spiro atoms. The molecular weight excluding hydrogens is 224 g/mol. The highest BCUT2D eigenvalue weighted by molar-refractivity contribution is 5.23. The van der Waals surface area contributed by atoms with Gasteiger partial charge in [0.2, 0.25) is 0 Å². The molecule has 0 amide bonds. The summed E-state index contributed by atoms with van der Waals surface area (Å²) in [5.41, 5.74) is 1.15. The molecule has 1 saturated heterocycles. The van der Waals surface area contributed by atoms with Gasteiger partial charge in [0.05, 0.1) is 12.2 Å². The monoisotopic (exact) mass is 246 g/mol. The molecule has 2 nitrogen and oxygen atoms in total. The molecule has 1 aliphatic heterocycles. The van der Waals surface area contributed by atoms with Crippen molar-refractivity contribution in [1.82, 2.24) is 0 Å². The first-order valence-corrected chi connectivity index (χ1v) is 7.02. The van der Waals surface area contributed by atoms with E-state index in [0.717, 1.165) is 26.1 Å². The molecule has 1 aliphatic carbocycles. The quantitative estimate of drug-likeness (QED) is 0.812. The van der Waals surface area contributed by atoms with Crippen molar-refractivity contribution in [1.29, 1.82) is 0 Å². The molecule has 2 fully saturated rings. The summed E-state index contributed by atoms with van der Waals surface area (Å²) in [6.45, 7) is 5.97. The van der Waals surface area contributed by atoms with Gasteiger partial charge >= 0.3 is 0 Å². The molecule has 2 aliphatic rings. The first-order valence-electron chi connectivity index (χ1n) is 7.02. The van der Waals surface area contributed by atoms with Gasteiger partial charge in [-0.05, 0) is 32.3 Å². The molecule has 1 aromatic rings. The lowest BCUT2D eigenvalue weighted by Gasteiger charge is -2.51. The summed E-state index contributed by atoms with van der Waals surface area (Å²) in [5.74, 6) is 0.603.